The maximum absolute atomic E-state index is 12.7. The van der Waals surface area contributed by atoms with Gasteiger partial charge in [-0.05, 0) is 23.6 Å². The Morgan fingerprint density at radius 1 is 1.10 bits per heavy atom. The lowest BCUT2D eigenvalue weighted by molar-refractivity contribution is -0.117. The van der Waals surface area contributed by atoms with Gasteiger partial charge in [-0.15, -0.1) is 0 Å². The van der Waals surface area contributed by atoms with Crippen LogP contribution >= 0.6 is 0 Å². The molecule has 0 saturated carbocycles. The quantitative estimate of drug-likeness (QED) is 0.544. The number of nitrogens with one attached hydrogen (secondary N) is 1. The molecular weight excluding hydrogens is 384 g/mol. The van der Waals surface area contributed by atoms with E-state index >= 15 is 0 Å². The molecule has 2 aromatic heterocycles. The van der Waals surface area contributed by atoms with Gasteiger partial charge in [-0.25, -0.2) is 0 Å². The van der Waals surface area contributed by atoms with E-state index in [1.54, 1.807) is 25.2 Å². The van der Waals surface area contributed by atoms with Crippen LogP contribution in [0.5, 0.6) is 11.5 Å². The second kappa shape index (κ2) is 7.22. The molecule has 1 fully saturated rings. The van der Waals surface area contributed by atoms with Gasteiger partial charge in [0.25, 0.3) is 5.89 Å². The average Bonchev–Trinajstić information content (AvgIpc) is 3.51. The molecule has 8 nitrogen and oxygen atoms in total. The number of hydrogen-bond acceptors (Lipinski definition) is 6. The smallest absolute Gasteiger partial charge is 0.258 e. The van der Waals surface area contributed by atoms with Gasteiger partial charge in [0, 0.05) is 54.4 Å². The number of methoxy groups -OCH3 is 2. The van der Waals surface area contributed by atoms with Crippen LogP contribution in [0, 0.1) is 0 Å². The van der Waals surface area contributed by atoms with E-state index in [0.717, 1.165) is 22.2 Å². The van der Waals surface area contributed by atoms with Crippen molar-refractivity contribution in [2.24, 2.45) is 0 Å². The molecule has 1 aliphatic heterocycles. The third-order valence-corrected chi connectivity index (χ3v) is 5.38. The third kappa shape index (κ3) is 3.16. The summed E-state index contributed by atoms with van der Waals surface area (Å²) >= 11 is 0. The van der Waals surface area contributed by atoms with Crippen molar-refractivity contribution in [2.75, 3.05) is 25.7 Å². The molecular formula is C22H20N4O4. The summed E-state index contributed by atoms with van der Waals surface area (Å²) < 4.78 is 16.1. The molecule has 152 valence electrons. The summed E-state index contributed by atoms with van der Waals surface area (Å²) in [5.74, 6) is 2.07. The Labute approximate surface area is 172 Å². The molecule has 1 amide bonds. The normalized spacial score (nSPS) is 16.4. The van der Waals surface area contributed by atoms with E-state index in [9.17, 15) is 4.79 Å². The van der Waals surface area contributed by atoms with Crippen molar-refractivity contribution >= 4 is 22.5 Å². The van der Waals surface area contributed by atoms with Gasteiger partial charge in [0.1, 0.15) is 11.5 Å². The van der Waals surface area contributed by atoms with Crippen LogP contribution in [-0.2, 0) is 4.79 Å². The van der Waals surface area contributed by atoms with E-state index in [2.05, 4.69) is 15.1 Å². The predicted molar refractivity (Wildman–Crippen MR) is 111 cm³/mol. The lowest BCUT2D eigenvalue weighted by Gasteiger charge is -2.18. The Balaban J connectivity index is 1.40. The van der Waals surface area contributed by atoms with Crippen LogP contribution < -0.4 is 14.4 Å². The molecule has 30 heavy (non-hydrogen) atoms. The van der Waals surface area contributed by atoms with Crippen LogP contribution in [0.4, 0.5) is 5.69 Å². The van der Waals surface area contributed by atoms with Gasteiger partial charge in [0.05, 0.1) is 19.9 Å². The van der Waals surface area contributed by atoms with E-state index < -0.39 is 0 Å². The van der Waals surface area contributed by atoms with Crippen LogP contribution in [0.2, 0.25) is 0 Å². The third-order valence-electron chi connectivity index (χ3n) is 5.38. The van der Waals surface area contributed by atoms with Crippen molar-refractivity contribution in [2.45, 2.75) is 12.3 Å². The van der Waals surface area contributed by atoms with Crippen molar-refractivity contribution in [1.82, 2.24) is 15.1 Å². The van der Waals surface area contributed by atoms with Crippen molar-refractivity contribution in [3.63, 3.8) is 0 Å². The molecule has 0 bridgehead atoms. The molecule has 0 radical (unpaired) electrons. The summed E-state index contributed by atoms with van der Waals surface area (Å²) in [5.41, 5.74) is 2.56. The Morgan fingerprint density at radius 2 is 1.90 bits per heavy atom. The fourth-order valence-electron chi connectivity index (χ4n) is 3.78. The highest BCUT2D eigenvalue weighted by atomic mass is 16.5. The summed E-state index contributed by atoms with van der Waals surface area (Å²) in [6.07, 6.45) is 2.20. The number of ether oxygens (including phenoxy) is 2. The number of anilines is 1. The maximum Gasteiger partial charge on any atom is 0.258 e. The Hall–Kier alpha value is -3.81. The minimum absolute atomic E-state index is 0.00513. The maximum atomic E-state index is 12.7. The highest BCUT2D eigenvalue weighted by Crippen LogP contribution is 2.35. The number of carbonyl (C=O) groups is 1. The minimum atomic E-state index is -0.151. The zero-order valence-corrected chi connectivity index (χ0v) is 16.6. The number of fused-ring (bicyclic) bond motifs is 1. The first-order valence-electron chi connectivity index (χ1n) is 9.59. The number of aromatic amines is 1. The summed E-state index contributed by atoms with van der Waals surface area (Å²) in [4.78, 5) is 22.2. The molecule has 1 aliphatic rings. The standard InChI is InChI=1S/C22H20N4O4/c1-28-17-9-16(10-18(11-17)29-2)26-12-15(8-20(26)27)21-24-22(30-25-21)14-4-3-13-5-6-23-19(13)7-14/h3-7,9-11,15,23H,8,12H2,1-2H3. The molecule has 4 aromatic rings. The summed E-state index contributed by atoms with van der Waals surface area (Å²) in [6.45, 7) is 0.462. The van der Waals surface area contributed by atoms with Crippen molar-refractivity contribution in [3.05, 3.63) is 54.5 Å². The predicted octanol–water partition coefficient (Wildman–Crippen LogP) is 3.76. The molecule has 3 heterocycles. The number of amides is 1. The topological polar surface area (TPSA) is 93.5 Å². The van der Waals surface area contributed by atoms with E-state index in [-0.39, 0.29) is 11.8 Å². The second-order valence-corrected chi connectivity index (χ2v) is 7.21. The number of nitrogens with zero attached hydrogens (tertiary/aromatic N) is 3. The van der Waals surface area contributed by atoms with Crippen LogP contribution in [-0.4, -0.2) is 41.8 Å². The van der Waals surface area contributed by atoms with Gasteiger partial charge >= 0.3 is 0 Å². The van der Waals surface area contributed by atoms with Gasteiger partial charge < -0.3 is 23.9 Å². The fourth-order valence-corrected chi connectivity index (χ4v) is 3.78. The molecule has 5 rings (SSSR count). The van der Waals surface area contributed by atoms with Crippen LogP contribution in [0.15, 0.2) is 53.2 Å². The summed E-state index contributed by atoms with van der Waals surface area (Å²) in [5, 5.41) is 5.26. The zero-order valence-electron chi connectivity index (χ0n) is 16.6. The lowest BCUT2D eigenvalue weighted by atomic mass is 10.1. The molecule has 8 heteroatoms. The summed E-state index contributed by atoms with van der Waals surface area (Å²) in [7, 11) is 3.16. The molecule has 0 spiro atoms. The van der Waals surface area contributed by atoms with Crippen molar-refractivity contribution < 1.29 is 18.8 Å². The summed E-state index contributed by atoms with van der Waals surface area (Å²) in [6, 6.07) is 13.3. The molecule has 1 unspecified atom stereocenters. The molecule has 1 atom stereocenters. The highest BCUT2D eigenvalue weighted by molar-refractivity contribution is 5.96. The Bertz CT molecular complexity index is 1210. The number of rotatable bonds is 5. The first-order valence-corrected chi connectivity index (χ1v) is 9.59. The van der Waals surface area contributed by atoms with E-state index in [1.165, 1.54) is 0 Å². The van der Waals surface area contributed by atoms with Crippen molar-refractivity contribution in [3.8, 4) is 23.0 Å². The minimum Gasteiger partial charge on any atom is -0.497 e. The molecule has 1 saturated heterocycles. The highest BCUT2D eigenvalue weighted by Gasteiger charge is 2.35. The largest absolute Gasteiger partial charge is 0.497 e. The van der Waals surface area contributed by atoms with Gasteiger partial charge in [-0.3, -0.25) is 4.79 Å². The van der Waals surface area contributed by atoms with Crippen LogP contribution in [0.3, 0.4) is 0 Å². The van der Waals surface area contributed by atoms with Crippen LogP contribution in [0.25, 0.3) is 22.4 Å². The van der Waals surface area contributed by atoms with Crippen molar-refractivity contribution in [1.29, 1.82) is 0 Å². The zero-order chi connectivity index (χ0) is 20.7. The fraction of sp³-hybridized carbons (Fsp3) is 0.227. The Kier molecular flexibility index (Phi) is 4.39. The second-order valence-electron chi connectivity index (χ2n) is 7.21. The lowest BCUT2D eigenvalue weighted by Crippen LogP contribution is -2.24. The number of hydrogen-bond donors (Lipinski definition) is 1. The van der Waals surface area contributed by atoms with E-state index in [0.29, 0.717) is 36.2 Å². The van der Waals surface area contributed by atoms with E-state index in [4.69, 9.17) is 14.0 Å². The monoisotopic (exact) mass is 404 g/mol. The number of carbonyl (C=O) groups excluding carboxylic acids is 1. The van der Waals surface area contributed by atoms with E-state index in [1.807, 2.05) is 42.6 Å². The van der Waals surface area contributed by atoms with Gasteiger partial charge in [-0.1, -0.05) is 11.2 Å². The van der Waals surface area contributed by atoms with Gasteiger partial charge in [-0.2, -0.15) is 4.98 Å². The first-order chi connectivity index (χ1) is 14.6. The molecule has 2 aromatic carbocycles. The van der Waals surface area contributed by atoms with Gasteiger partial charge in [0.2, 0.25) is 5.91 Å². The van der Waals surface area contributed by atoms with Gasteiger partial charge in [0.15, 0.2) is 5.82 Å². The number of benzene rings is 2. The Morgan fingerprint density at radius 3 is 2.67 bits per heavy atom. The molecule has 1 N–H and O–H groups in total. The number of aromatic nitrogens is 3. The average molecular weight is 404 g/mol. The molecule has 0 aliphatic carbocycles. The SMILES string of the molecule is COc1cc(OC)cc(N2CC(c3noc(-c4ccc5cc[nH]c5c4)n3)CC2=O)c1. The first kappa shape index (κ1) is 18.2. The number of H-pyrrole nitrogens is 1. The van der Waals surface area contributed by atoms with Crippen LogP contribution in [0.1, 0.15) is 18.2 Å².